The van der Waals surface area contributed by atoms with Crippen LogP contribution in [0, 0.1) is 0 Å². The van der Waals surface area contributed by atoms with Crippen LogP contribution in [-0.4, -0.2) is 46.1 Å². The van der Waals surface area contributed by atoms with E-state index < -0.39 is 10.0 Å². The maximum absolute atomic E-state index is 12.1. The van der Waals surface area contributed by atoms with E-state index in [0.717, 1.165) is 19.4 Å². The van der Waals surface area contributed by atoms with E-state index in [-0.39, 0.29) is 11.0 Å². The number of anilines is 2. The van der Waals surface area contributed by atoms with E-state index >= 15 is 0 Å². The lowest BCUT2D eigenvalue weighted by Gasteiger charge is -2.16. The number of rotatable bonds is 5. The largest absolute Gasteiger partial charge is 0.397 e. The number of ether oxygens (including phenoxy) is 1. The van der Waals surface area contributed by atoms with Crippen LogP contribution in [0.1, 0.15) is 12.8 Å². The van der Waals surface area contributed by atoms with Crippen molar-refractivity contribution in [1.82, 2.24) is 4.31 Å². The van der Waals surface area contributed by atoms with Gasteiger partial charge in [-0.2, -0.15) is 0 Å². The molecule has 3 N–H and O–H groups in total. The highest BCUT2D eigenvalue weighted by Crippen LogP contribution is 2.25. The summed E-state index contributed by atoms with van der Waals surface area (Å²) in [4.78, 5) is 0.228. The lowest BCUT2D eigenvalue weighted by Crippen LogP contribution is -2.23. The van der Waals surface area contributed by atoms with Gasteiger partial charge < -0.3 is 15.8 Å². The van der Waals surface area contributed by atoms with Gasteiger partial charge in [0, 0.05) is 27.2 Å². The summed E-state index contributed by atoms with van der Waals surface area (Å²) in [5.74, 6) is 0. The maximum atomic E-state index is 12.1. The summed E-state index contributed by atoms with van der Waals surface area (Å²) < 4.78 is 30.9. The highest BCUT2D eigenvalue weighted by molar-refractivity contribution is 7.89. The normalized spacial score (nSPS) is 19.4. The fourth-order valence-corrected chi connectivity index (χ4v) is 3.02. The van der Waals surface area contributed by atoms with Crippen molar-refractivity contribution in [2.75, 3.05) is 38.3 Å². The molecule has 1 fully saturated rings. The summed E-state index contributed by atoms with van der Waals surface area (Å²) in [6, 6.07) is 4.69. The zero-order chi connectivity index (χ0) is 14.8. The van der Waals surface area contributed by atoms with E-state index in [1.807, 2.05) is 0 Å². The Morgan fingerprint density at radius 3 is 2.80 bits per heavy atom. The second-order valence-corrected chi connectivity index (χ2v) is 7.20. The Morgan fingerprint density at radius 1 is 1.45 bits per heavy atom. The number of benzene rings is 1. The highest BCUT2D eigenvalue weighted by Gasteiger charge is 2.19. The number of nitrogens with zero attached hydrogens (tertiary/aromatic N) is 1. The lowest BCUT2D eigenvalue weighted by molar-refractivity contribution is 0.120. The second kappa shape index (κ2) is 5.99. The van der Waals surface area contributed by atoms with Crippen LogP contribution < -0.4 is 11.1 Å². The first-order valence-corrected chi connectivity index (χ1v) is 8.03. The summed E-state index contributed by atoms with van der Waals surface area (Å²) in [6.07, 6.45) is 2.25. The van der Waals surface area contributed by atoms with Gasteiger partial charge in [-0.3, -0.25) is 0 Å². The fraction of sp³-hybridized carbons (Fsp3) is 0.538. The summed E-state index contributed by atoms with van der Waals surface area (Å²) in [5, 5.41) is 3.17. The first kappa shape index (κ1) is 15.1. The van der Waals surface area contributed by atoms with Crippen molar-refractivity contribution in [3.05, 3.63) is 18.2 Å². The summed E-state index contributed by atoms with van der Waals surface area (Å²) >= 11 is 0. The van der Waals surface area contributed by atoms with Gasteiger partial charge in [-0.05, 0) is 31.0 Å². The molecular formula is C13H21N3O3S. The highest BCUT2D eigenvalue weighted by atomic mass is 32.2. The van der Waals surface area contributed by atoms with Crippen molar-refractivity contribution in [2.24, 2.45) is 0 Å². The van der Waals surface area contributed by atoms with Crippen LogP contribution >= 0.6 is 0 Å². The number of nitrogens with one attached hydrogen (secondary N) is 1. The van der Waals surface area contributed by atoms with E-state index in [0.29, 0.717) is 17.9 Å². The molecule has 0 aromatic heterocycles. The number of hydrogen-bond donors (Lipinski definition) is 2. The molecule has 0 aliphatic carbocycles. The third-order valence-corrected chi connectivity index (χ3v) is 5.16. The van der Waals surface area contributed by atoms with Crippen molar-refractivity contribution >= 4 is 21.4 Å². The quantitative estimate of drug-likeness (QED) is 0.796. The number of sulfonamides is 1. The summed E-state index contributed by atoms with van der Waals surface area (Å²) in [7, 11) is -0.437. The lowest BCUT2D eigenvalue weighted by atomic mass is 10.2. The Labute approximate surface area is 120 Å². The van der Waals surface area contributed by atoms with Crippen LogP contribution in [0.3, 0.4) is 0 Å². The van der Waals surface area contributed by atoms with Gasteiger partial charge in [0.25, 0.3) is 0 Å². The van der Waals surface area contributed by atoms with Gasteiger partial charge in [-0.1, -0.05) is 0 Å². The first-order valence-electron chi connectivity index (χ1n) is 6.59. The number of nitrogens with two attached hydrogens (primary N) is 1. The average molecular weight is 299 g/mol. The minimum absolute atomic E-state index is 0.170. The van der Waals surface area contributed by atoms with Gasteiger partial charge in [-0.15, -0.1) is 0 Å². The van der Waals surface area contributed by atoms with Gasteiger partial charge in [-0.25, -0.2) is 12.7 Å². The molecule has 1 aromatic carbocycles. The second-order valence-electron chi connectivity index (χ2n) is 5.05. The third kappa shape index (κ3) is 3.23. The van der Waals surface area contributed by atoms with Crippen LogP contribution in [0.4, 0.5) is 11.4 Å². The molecule has 1 heterocycles. The van der Waals surface area contributed by atoms with Crippen molar-refractivity contribution in [2.45, 2.75) is 23.8 Å². The molecule has 1 aromatic rings. The molecule has 112 valence electrons. The van der Waals surface area contributed by atoms with Crippen molar-refractivity contribution in [3.8, 4) is 0 Å². The first-order chi connectivity index (χ1) is 9.41. The smallest absolute Gasteiger partial charge is 0.242 e. The molecule has 7 heteroatoms. The predicted molar refractivity (Wildman–Crippen MR) is 79.2 cm³/mol. The van der Waals surface area contributed by atoms with E-state index in [1.165, 1.54) is 24.5 Å². The van der Waals surface area contributed by atoms with Crippen LogP contribution in [-0.2, 0) is 14.8 Å². The molecule has 0 bridgehead atoms. The van der Waals surface area contributed by atoms with Crippen LogP contribution in [0.25, 0.3) is 0 Å². The molecule has 1 aliphatic rings. The molecule has 0 spiro atoms. The Bertz CT molecular complexity index is 566. The van der Waals surface area contributed by atoms with Gasteiger partial charge in [0.2, 0.25) is 10.0 Å². The summed E-state index contributed by atoms with van der Waals surface area (Å²) in [6.45, 7) is 1.42. The zero-order valence-electron chi connectivity index (χ0n) is 11.8. The Balaban J connectivity index is 2.16. The molecule has 1 unspecified atom stereocenters. The van der Waals surface area contributed by atoms with Crippen LogP contribution in [0.15, 0.2) is 23.1 Å². The van der Waals surface area contributed by atoms with Crippen LogP contribution in [0.5, 0.6) is 0 Å². The SMILES string of the molecule is CN(C)S(=O)(=O)c1ccc(N)c(NCC2CCCO2)c1. The molecule has 6 nitrogen and oxygen atoms in total. The molecule has 0 radical (unpaired) electrons. The maximum Gasteiger partial charge on any atom is 0.242 e. The standard InChI is InChI=1S/C13H21N3O3S/c1-16(2)20(17,18)11-5-6-12(14)13(8-11)15-9-10-4-3-7-19-10/h5-6,8,10,15H,3-4,7,9,14H2,1-2H3. The Hall–Kier alpha value is -1.31. The third-order valence-electron chi connectivity index (χ3n) is 3.35. The number of nitrogen functional groups attached to an aromatic ring is 1. The minimum Gasteiger partial charge on any atom is -0.397 e. The molecule has 0 amide bonds. The Morgan fingerprint density at radius 2 is 2.20 bits per heavy atom. The van der Waals surface area contributed by atoms with Crippen molar-refractivity contribution in [1.29, 1.82) is 0 Å². The van der Waals surface area contributed by atoms with Gasteiger partial charge in [0.15, 0.2) is 0 Å². The predicted octanol–water partition coefficient (Wildman–Crippen LogP) is 1.11. The van der Waals surface area contributed by atoms with E-state index in [1.54, 1.807) is 12.1 Å². The summed E-state index contributed by atoms with van der Waals surface area (Å²) in [5.41, 5.74) is 7.04. The molecular weight excluding hydrogens is 278 g/mol. The number of hydrogen-bond acceptors (Lipinski definition) is 5. The molecule has 1 aliphatic heterocycles. The van der Waals surface area contributed by atoms with Crippen LogP contribution in [0.2, 0.25) is 0 Å². The van der Waals surface area contributed by atoms with E-state index in [9.17, 15) is 8.42 Å². The molecule has 20 heavy (non-hydrogen) atoms. The van der Waals surface area contributed by atoms with E-state index in [2.05, 4.69) is 5.32 Å². The molecule has 1 atom stereocenters. The molecule has 0 saturated carbocycles. The average Bonchev–Trinajstić information content (AvgIpc) is 2.90. The zero-order valence-corrected chi connectivity index (χ0v) is 12.6. The topological polar surface area (TPSA) is 84.7 Å². The van der Waals surface area contributed by atoms with Gasteiger partial charge in [0.05, 0.1) is 22.4 Å². The Kier molecular flexibility index (Phi) is 4.52. The molecule has 2 rings (SSSR count). The minimum atomic E-state index is -3.45. The monoisotopic (exact) mass is 299 g/mol. The van der Waals surface area contributed by atoms with E-state index in [4.69, 9.17) is 10.5 Å². The van der Waals surface area contributed by atoms with Crippen molar-refractivity contribution < 1.29 is 13.2 Å². The molecule has 1 saturated heterocycles. The van der Waals surface area contributed by atoms with Crippen molar-refractivity contribution in [3.63, 3.8) is 0 Å². The van der Waals surface area contributed by atoms with Gasteiger partial charge in [0.1, 0.15) is 0 Å². The van der Waals surface area contributed by atoms with Gasteiger partial charge >= 0.3 is 0 Å². The fourth-order valence-electron chi connectivity index (χ4n) is 2.09.